The lowest BCUT2D eigenvalue weighted by molar-refractivity contribution is -0.163. The number of anilines is 1. The molecular formula is C24H26N2O5. The van der Waals surface area contributed by atoms with Crippen LogP contribution in [0.3, 0.4) is 0 Å². The minimum Gasteiger partial charge on any atom is -0.451 e. The number of ether oxygens (including phenoxy) is 1. The van der Waals surface area contributed by atoms with E-state index in [0.29, 0.717) is 18.5 Å². The van der Waals surface area contributed by atoms with E-state index in [1.165, 1.54) is 13.8 Å². The monoisotopic (exact) mass is 422 g/mol. The number of fused-ring (bicyclic) bond motifs is 2. The number of esters is 1. The van der Waals surface area contributed by atoms with Crippen LogP contribution in [0.5, 0.6) is 0 Å². The number of hydrogen-bond acceptors (Lipinski definition) is 5. The summed E-state index contributed by atoms with van der Waals surface area (Å²) in [4.78, 5) is 51.7. The smallest absolute Gasteiger partial charge is 0.329 e. The van der Waals surface area contributed by atoms with Crippen LogP contribution in [0.1, 0.15) is 39.5 Å². The maximum Gasteiger partial charge on any atom is 0.329 e. The Hall–Kier alpha value is -3.22. The van der Waals surface area contributed by atoms with Gasteiger partial charge in [-0.3, -0.25) is 19.3 Å². The van der Waals surface area contributed by atoms with E-state index in [-0.39, 0.29) is 23.7 Å². The van der Waals surface area contributed by atoms with Crippen LogP contribution in [0.4, 0.5) is 5.69 Å². The Bertz CT molecular complexity index is 1020. The second kappa shape index (κ2) is 8.49. The molecule has 4 atom stereocenters. The number of carbonyl (C=O) groups excluding carboxylic acids is 4. The van der Waals surface area contributed by atoms with Gasteiger partial charge in [0.2, 0.25) is 11.8 Å². The lowest BCUT2D eigenvalue weighted by Gasteiger charge is -2.23. The first-order chi connectivity index (χ1) is 14.9. The molecule has 7 heteroatoms. The average Bonchev–Trinajstić information content (AvgIpc) is 3.03. The van der Waals surface area contributed by atoms with Crippen molar-refractivity contribution in [1.82, 2.24) is 4.90 Å². The van der Waals surface area contributed by atoms with E-state index < -0.39 is 24.0 Å². The molecule has 162 valence electrons. The third kappa shape index (κ3) is 3.92. The molecule has 31 heavy (non-hydrogen) atoms. The van der Waals surface area contributed by atoms with Gasteiger partial charge in [0.25, 0.3) is 5.91 Å². The minimum atomic E-state index is -1.08. The molecule has 1 N–H and O–H groups in total. The number of benzene rings is 2. The molecule has 3 amide bonds. The second-order valence-electron chi connectivity index (χ2n) is 8.31. The number of nitrogens with zero attached hydrogens (tertiary/aromatic N) is 1. The zero-order valence-corrected chi connectivity index (χ0v) is 17.7. The molecule has 1 heterocycles. The van der Waals surface area contributed by atoms with Gasteiger partial charge in [-0.2, -0.15) is 0 Å². The number of nitrogens with one attached hydrogen (secondary N) is 1. The van der Waals surface area contributed by atoms with Crippen LogP contribution in [-0.4, -0.2) is 40.7 Å². The Morgan fingerprint density at radius 1 is 0.968 bits per heavy atom. The Balaban J connectivity index is 1.41. The minimum absolute atomic E-state index is 0.299. The van der Waals surface area contributed by atoms with Crippen LogP contribution in [0.2, 0.25) is 0 Å². The summed E-state index contributed by atoms with van der Waals surface area (Å²) in [6.07, 6.45) is 2.11. The summed E-state index contributed by atoms with van der Waals surface area (Å²) in [7, 11) is 0. The van der Waals surface area contributed by atoms with Crippen molar-refractivity contribution in [2.24, 2.45) is 11.8 Å². The van der Waals surface area contributed by atoms with Crippen molar-refractivity contribution < 1.29 is 23.9 Å². The van der Waals surface area contributed by atoms with Crippen molar-refractivity contribution in [3.63, 3.8) is 0 Å². The molecule has 1 aliphatic heterocycles. The highest BCUT2D eigenvalue weighted by molar-refractivity contribution is 6.08. The highest BCUT2D eigenvalue weighted by Crippen LogP contribution is 2.39. The van der Waals surface area contributed by atoms with Gasteiger partial charge >= 0.3 is 5.97 Å². The first kappa shape index (κ1) is 21.0. The lowest BCUT2D eigenvalue weighted by atomic mass is 9.81. The molecular weight excluding hydrogens is 396 g/mol. The van der Waals surface area contributed by atoms with Gasteiger partial charge in [0.05, 0.1) is 11.8 Å². The van der Waals surface area contributed by atoms with E-state index in [0.717, 1.165) is 28.5 Å². The fraction of sp³-hybridized carbons (Fsp3) is 0.417. The van der Waals surface area contributed by atoms with Crippen molar-refractivity contribution in [3.05, 3.63) is 42.5 Å². The molecule has 4 unspecified atom stereocenters. The van der Waals surface area contributed by atoms with Crippen LogP contribution >= 0.6 is 0 Å². The first-order valence-electron chi connectivity index (χ1n) is 10.7. The first-order valence-corrected chi connectivity index (χ1v) is 10.7. The molecule has 0 spiro atoms. The summed E-state index contributed by atoms with van der Waals surface area (Å²) in [5, 5.41) is 4.65. The number of likely N-dealkylation sites (tertiary alicyclic amines) is 1. The highest BCUT2D eigenvalue weighted by Gasteiger charge is 2.51. The summed E-state index contributed by atoms with van der Waals surface area (Å²) >= 11 is 0. The van der Waals surface area contributed by atoms with E-state index >= 15 is 0 Å². The number of carbonyl (C=O) groups is 4. The molecule has 7 nitrogen and oxygen atoms in total. The molecule has 1 saturated heterocycles. The van der Waals surface area contributed by atoms with E-state index in [1.54, 1.807) is 6.07 Å². The zero-order valence-electron chi connectivity index (χ0n) is 17.7. The molecule has 0 bridgehead atoms. The van der Waals surface area contributed by atoms with Crippen LogP contribution in [-0.2, 0) is 23.9 Å². The van der Waals surface area contributed by atoms with Crippen LogP contribution in [0.15, 0.2) is 42.5 Å². The Morgan fingerprint density at radius 2 is 1.58 bits per heavy atom. The van der Waals surface area contributed by atoms with E-state index in [9.17, 15) is 19.2 Å². The van der Waals surface area contributed by atoms with Crippen LogP contribution < -0.4 is 5.32 Å². The van der Waals surface area contributed by atoms with Crippen molar-refractivity contribution in [3.8, 4) is 0 Å². The fourth-order valence-electron chi connectivity index (χ4n) is 4.57. The molecule has 1 aliphatic carbocycles. The zero-order chi connectivity index (χ0) is 22.1. The van der Waals surface area contributed by atoms with Crippen molar-refractivity contribution in [2.75, 3.05) is 5.32 Å². The third-order valence-electron chi connectivity index (χ3n) is 6.31. The number of amides is 3. The largest absolute Gasteiger partial charge is 0.451 e. The summed E-state index contributed by atoms with van der Waals surface area (Å²) in [6, 6.07) is 12.1. The number of rotatable bonds is 5. The number of imide groups is 1. The molecule has 1 saturated carbocycles. The van der Waals surface area contributed by atoms with Crippen molar-refractivity contribution in [2.45, 2.75) is 51.7 Å². The van der Waals surface area contributed by atoms with E-state index in [4.69, 9.17) is 4.74 Å². The summed E-state index contributed by atoms with van der Waals surface area (Å²) in [5.74, 6) is -2.50. The van der Waals surface area contributed by atoms with Gasteiger partial charge in [0.15, 0.2) is 6.10 Å². The lowest BCUT2D eigenvalue weighted by Crippen LogP contribution is -2.46. The van der Waals surface area contributed by atoms with Gasteiger partial charge in [-0.15, -0.1) is 0 Å². The Morgan fingerprint density at radius 3 is 2.26 bits per heavy atom. The van der Waals surface area contributed by atoms with Gasteiger partial charge in [-0.1, -0.05) is 49.2 Å². The van der Waals surface area contributed by atoms with Crippen LogP contribution in [0.25, 0.3) is 10.8 Å². The average molecular weight is 422 g/mol. The summed E-state index contributed by atoms with van der Waals surface area (Å²) in [5.41, 5.74) is 0.619. The molecule has 2 aromatic rings. The predicted octanol–water partition coefficient (Wildman–Crippen LogP) is 3.27. The number of hydrogen-bond donors (Lipinski definition) is 1. The van der Waals surface area contributed by atoms with E-state index in [1.807, 2.05) is 36.4 Å². The van der Waals surface area contributed by atoms with Gasteiger partial charge < -0.3 is 10.1 Å². The predicted molar refractivity (Wildman–Crippen MR) is 115 cm³/mol. The Kier molecular flexibility index (Phi) is 5.76. The molecule has 2 aromatic carbocycles. The SMILES string of the molecule is CC(OC(=O)C(C)N1C(=O)C2CCCCC2C1=O)C(=O)Nc1cccc2ccccc12. The molecule has 0 radical (unpaired) electrons. The van der Waals surface area contributed by atoms with Gasteiger partial charge in [-0.25, -0.2) is 4.79 Å². The maximum atomic E-state index is 12.7. The second-order valence-corrected chi connectivity index (χ2v) is 8.31. The normalized spacial score (nSPS) is 22.7. The van der Waals surface area contributed by atoms with Gasteiger partial charge in [0, 0.05) is 11.1 Å². The highest BCUT2D eigenvalue weighted by atomic mass is 16.5. The molecule has 0 aromatic heterocycles. The van der Waals surface area contributed by atoms with Gasteiger partial charge in [0.1, 0.15) is 6.04 Å². The quantitative estimate of drug-likeness (QED) is 0.590. The summed E-state index contributed by atoms with van der Waals surface area (Å²) < 4.78 is 5.32. The standard InChI is InChI=1S/C24H26N2O5/c1-14(26-22(28)18-11-5-6-12-19(18)23(26)29)24(30)31-15(2)21(27)25-20-13-7-9-16-8-3-4-10-17(16)20/h3-4,7-10,13-15,18-19H,5-6,11-12H2,1-2H3,(H,25,27). The van der Waals surface area contributed by atoms with Crippen molar-refractivity contribution >= 4 is 40.2 Å². The molecule has 2 fully saturated rings. The molecule has 2 aliphatic rings. The van der Waals surface area contributed by atoms with Crippen LogP contribution in [0, 0.1) is 11.8 Å². The Labute approximate surface area is 180 Å². The topological polar surface area (TPSA) is 92.8 Å². The third-order valence-corrected chi connectivity index (χ3v) is 6.31. The fourth-order valence-corrected chi connectivity index (χ4v) is 4.57. The maximum absolute atomic E-state index is 12.7. The van der Waals surface area contributed by atoms with E-state index in [2.05, 4.69) is 5.32 Å². The summed E-state index contributed by atoms with van der Waals surface area (Å²) in [6.45, 7) is 2.95. The molecule has 4 rings (SSSR count). The van der Waals surface area contributed by atoms with Crippen molar-refractivity contribution in [1.29, 1.82) is 0 Å². The van der Waals surface area contributed by atoms with Gasteiger partial charge in [-0.05, 0) is 38.1 Å².